The van der Waals surface area contributed by atoms with E-state index in [1.807, 2.05) is 37.3 Å². The Balaban J connectivity index is 1.26. The van der Waals surface area contributed by atoms with E-state index >= 15 is 0 Å². The van der Waals surface area contributed by atoms with Crippen LogP contribution in [0.5, 0.6) is 11.5 Å². The predicted molar refractivity (Wildman–Crippen MR) is 135 cm³/mol. The number of phenolic OH excluding ortho intramolecular Hbond substituents is 1. The minimum Gasteiger partial charge on any atom is -0.504 e. The van der Waals surface area contributed by atoms with E-state index in [0.717, 1.165) is 32.7 Å². The molecule has 7 heteroatoms. The van der Waals surface area contributed by atoms with Gasteiger partial charge in [-0.05, 0) is 60.5 Å². The first-order valence-electron chi connectivity index (χ1n) is 11.5. The molecule has 1 heterocycles. The lowest BCUT2D eigenvalue weighted by Crippen LogP contribution is -2.45. The summed E-state index contributed by atoms with van der Waals surface area (Å²) in [6, 6.07) is 23.1. The lowest BCUT2D eigenvalue weighted by Gasteiger charge is -2.36. The zero-order valence-electron chi connectivity index (χ0n) is 19.4. The molecule has 7 nitrogen and oxygen atoms in total. The summed E-state index contributed by atoms with van der Waals surface area (Å²) in [4.78, 5) is 17.3. The summed E-state index contributed by atoms with van der Waals surface area (Å²) in [5.74, 6) is 0.180. The number of carbonyl (C=O) groups is 1. The van der Waals surface area contributed by atoms with Crippen molar-refractivity contribution < 1.29 is 14.6 Å². The van der Waals surface area contributed by atoms with Crippen LogP contribution in [0.3, 0.4) is 0 Å². The van der Waals surface area contributed by atoms with E-state index in [2.05, 4.69) is 44.6 Å². The number of carbonyl (C=O) groups excluding carboxylic acids is 1. The van der Waals surface area contributed by atoms with Gasteiger partial charge in [0.2, 0.25) is 0 Å². The molecule has 1 aliphatic heterocycles. The molecule has 0 aliphatic carbocycles. The topological polar surface area (TPSA) is 77.4 Å². The molecule has 0 bridgehead atoms. The third-order valence-corrected chi connectivity index (χ3v) is 5.78. The molecule has 3 aromatic rings. The van der Waals surface area contributed by atoms with Gasteiger partial charge >= 0.3 is 0 Å². The second-order valence-corrected chi connectivity index (χ2v) is 8.15. The van der Waals surface area contributed by atoms with Crippen LogP contribution in [0, 0.1) is 0 Å². The number of nitrogens with zero attached hydrogens (tertiary/aromatic N) is 3. The third-order valence-electron chi connectivity index (χ3n) is 5.78. The van der Waals surface area contributed by atoms with Gasteiger partial charge < -0.3 is 14.7 Å². The average molecular weight is 459 g/mol. The van der Waals surface area contributed by atoms with Crippen molar-refractivity contribution in [1.29, 1.82) is 0 Å². The molecule has 34 heavy (non-hydrogen) atoms. The van der Waals surface area contributed by atoms with Crippen LogP contribution in [0.2, 0.25) is 0 Å². The maximum absolute atomic E-state index is 12.4. The van der Waals surface area contributed by atoms with Crippen molar-refractivity contribution in [3.63, 3.8) is 0 Å². The summed E-state index contributed by atoms with van der Waals surface area (Å²) in [6.45, 7) is 7.20. The Morgan fingerprint density at radius 3 is 2.47 bits per heavy atom. The minimum atomic E-state index is -0.275. The molecule has 0 spiro atoms. The molecule has 1 saturated heterocycles. The Bertz CT molecular complexity index is 1110. The lowest BCUT2D eigenvalue weighted by atomic mass is 10.1. The fraction of sp³-hybridized carbons (Fsp3) is 0.259. The van der Waals surface area contributed by atoms with Gasteiger partial charge in [-0.2, -0.15) is 5.10 Å². The van der Waals surface area contributed by atoms with Crippen molar-refractivity contribution in [2.75, 3.05) is 37.7 Å². The summed E-state index contributed by atoms with van der Waals surface area (Å²) < 4.78 is 5.36. The van der Waals surface area contributed by atoms with E-state index in [0.29, 0.717) is 23.5 Å². The van der Waals surface area contributed by atoms with Crippen molar-refractivity contribution in [3.8, 4) is 11.5 Å². The molecular formula is C27H30N4O3. The van der Waals surface area contributed by atoms with Crippen molar-refractivity contribution in [1.82, 2.24) is 10.3 Å². The first kappa shape index (κ1) is 23.3. The predicted octanol–water partition coefficient (Wildman–Crippen LogP) is 3.88. The van der Waals surface area contributed by atoms with Crippen molar-refractivity contribution in [2.45, 2.75) is 13.5 Å². The summed E-state index contributed by atoms with van der Waals surface area (Å²) >= 11 is 0. The van der Waals surface area contributed by atoms with Crippen LogP contribution in [0.25, 0.3) is 0 Å². The summed E-state index contributed by atoms with van der Waals surface area (Å²) in [5.41, 5.74) is 6.27. The Hall–Kier alpha value is -3.84. The zero-order valence-corrected chi connectivity index (χ0v) is 19.4. The Morgan fingerprint density at radius 2 is 1.76 bits per heavy atom. The number of aromatic hydroxyl groups is 1. The highest BCUT2D eigenvalue weighted by Crippen LogP contribution is 2.26. The molecule has 0 saturated carbocycles. The van der Waals surface area contributed by atoms with E-state index in [9.17, 15) is 9.90 Å². The fourth-order valence-electron chi connectivity index (χ4n) is 3.93. The largest absolute Gasteiger partial charge is 0.504 e. The van der Waals surface area contributed by atoms with Crippen LogP contribution in [0.1, 0.15) is 28.4 Å². The number of hydrogen-bond donors (Lipinski definition) is 2. The first-order valence-corrected chi connectivity index (χ1v) is 11.5. The second kappa shape index (κ2) is 11.3. The van der Waals surface area contributed by atoms with Gasteiger partial charge in [0.25, 0.3) is 5.91 Å². The molecule has 4 rings (SSSR count). The molecule has 0 radical (unpaired) electrons. The van der Waals surface area contributed by atoms with Crippen molar-refractivity contribution in [3.05, 3.63) is 89.5 Å². The lowest BCUT2D eigenvalue weighted by molar-refractivity contribution is 0.0955. The molecule has 176 valence electrons. The first-order chi connectivity index (χ1) is 16.6. The number of hydrazone groups is 1. The van der Waals surface area contributed by atoms with Gasteiger partial charge in [0.15, 0.2) is 11.5 Å². The Labute approximate surface area is 200 Å². The van der Waals surface area contributed by atoms with E-state index in [1.165, 1.54) is 23.5 Å². The van der Waals surface area contributed by atoms with Crippen LogP contribution in [0.4, 0.5) is 5.69 Å². The highest BCUT2D eigenvalue weighted by Gasteiger charge is 2.17. The zero-order chi connectivity index (χ0) is 23.8. The van der Waals surface area contributed by atoms with Crippen molar-refractivity contribution in [2.24, 2.45) is 5.10 Å². The Morgan fingerprint density at radius 1 is 1.03 bits per heavy atom. The summed E-state index contributed by atoms with van der Waals surface area (Å²) in [5, 5.41) is 13.8. The molecule has 1 amide bonds. The van der Waals surface area contributed by atoms with Crippen LogP contribution < -0.4 is 15.1 Å². The van der Waals surface area contributed by atoms with Gasteiger partial charge in [-0.15, -0.1) is 0 Å². The summed E-state index contributed by atoms with van der Waals surface area (Å²) in [7, 11) is 0. The van der Waals surface area contributed by atoms with Gasteiger partial charge in [-0.3, -0.25) is 9.69 Å². The van der Waals surface area contributed by atoms with Crippen LogP contribution in [0.15, 0.2) is 77.9 Å². The van der Waals surface area contributed by atoms with E-state index in [4.69, 9.17) is 4.74 Å². The maximum atomic E-state index is 12.4. The molecule has 1 fully saturated rings. The number of ether oxygens (including phenoxy) is 1. The highest BCUT2D eigenvalue weighted by molar-refractivity contribution is 5.94. The number of nitrogens with one attached hydrogen (secondary N) is 1. The smallest absolute Gasteiger partial charge is 0.271 e. The van der Waals surface area contributed by atoms with E-state index < -0.39 is 0 Å². The van der Waals surface area contributed by atoms with Crippen LogP contribution >= 0.6 is 0 Å². The monoisotopic (exact) mass is 458 g/mol. The molecule has 0 aromatic heterocycles. The number of anilines is 1. The minimum absolute atomic E-state index is 0.0706. The van der Waals surface area contributed by atoms with Gasteiger partial charge in [-0.1, -0.05) is 30.3 Å². The molecule has 2 N–H and O–H groups in total. The van der Waals surface area contributed by atoms with Crippen LogP contribution in [-0.2, 0) is 6.54 Å². The summed E-state index contributed by atoms with van der Waals surface area (Å²) in [6.07, 6.45) is 1.52. The van der Waals surface area contributed by atoms with Gasteiger partial charge in [0.1, 0.15) is 0 Å². The van der Waals surface area contributed by atoms with Gasteiger partial charge in [0.05, 0.1) is 12.8 Å². The molecule has 3 aromatic carbocycles. The van der Waals surface area contributed by atoms with Gasteiger partial charge in [0, 0.05) is 44.0 Å². The van der Waals surface area contributed by atoms with Crippen LogP contribution in [-0.4, -0.2) is 54.9 Å². The quantitative estimate of drug-likeness (QED) is 0.396. The van der Waals surface area contributed by atoms with Crippen molar-refractivity contribution >= 4 is 17.8 Å². The number of para-hydroxylation sites is 1. The number of hydrogen-bond acceptors (Lipinski definition) is 6. The SMILES string of the molecule is CCOc1cc(/C=N\NC(=O)c2ccc(CN3CCN(c4ccccc4)CC3)cc2)ccc1O. The third kappa shape index (κ3) is 6.14. The number of benzene rings is 3. The highest BCUT2D eigenvalue weighted by atomic mass is 16.5. The number of piperazine rings is 1. The molecule has 1 aliphatic rings. The van der Waals surface area contributed by atoms with E-state index in [1.54, 1.807) is 12.1 Å². The number of amides is 1. The maximum Gasteiger partial charge on any atom is 0.271 e. The standard InChI is InChI=1S/C27H30N4O3/c1-2-34-26-18-22(10-13-25(26)32)19-28-29-27(33)23-11-8-21(9-12-23)20-30-14-16-31(17-15-30)24-6-4-3-5-7-24/h3-13,18-19,32H,2,14-17,20H2,1H3,(H,29,33)/b28-19-. The fourth-order valence-corrected chi connectivity index (χ4v) is 3.93. The average Bonchev–Trinajstić information content (AvgIpc) is 2.87. The Kier molecular flexibility index (Phi) is 7.78. The molecule has 0 atom stereocenters. The molecular weight excluding hydrogens is 428 g/mol. The number of rotatable bonds is 8. The second-order valence-electron chi connectivity index (χ2n) is 8.15. The molecule has 0 unspecified atom stereocenters. The normalized spacial score (nSPS) is 14.3. The van der Waals surface area contributed by atoms with E-state index in [-0.39, 0.29) is 11.7 Å². The number of phenols is 1. The van der Waals surface area contributed by atoms with Gasteiger partial charge in [-0.25, -0.2) is 5.43 Å².